The van der Waals surface area contributed by atoms with E-state index in [1.165, 1.54) is 45.1 Å². The zero-order valence-electron chi connectivity index (χ0n) is 25.9. The molecule has 1 aliphatic carbocycles. The Kier molecular flexibility index (Phi) is 12.7. The van der Waals surface area contributed by atoms with Crippen LogP contribution in [0.3, 0.4) is 0 Å². The molecule has 3 saturated heterocycles. The van der Waals surface area contributed by atoms with Gasteiger partial charge in [-0.25, -0.2) is 0 Å². The highest BCUT2D eigenvalue weighted by molar-refractivity contribution is 5.98. The molecule has 1 atom stereocenters. The van der Waals surface area contributed by atoms with Gasteiger partial charge in [0.15, 0.2) is 0 Å². The molecule has 1 spiro atoms. The summed E-state index contributed by atoms with van der Waals surface area (Å²) in [5, 5.41) is 7.00. The van der Waals surface area contributed by atoms with E-state index in [0.29, 0.717) is 12.1 Å². The zero-order valence-corrected chi connectivity index (χ0v) is 25.9. The van der Waals surface area contributed by atoms with Gasteiger partial charge in [-0.1, -0.05) is 44.4 Å². The molecule has 39 heavy (non-hydrogen) atoms. The normalized spacial score (nSPS) is 26.6. The van der Waals surface area contributed by atoms with Gasteiger partial charge < -0.3 is 19.6 Å². The van der Waals surface area contributed by atoms with Crippen LogP contribution in [0.4, 0.5) is 0 Å². The maximum atomic E-state index is 13.5. The molecule has 1 N–H and O–H groups in total. The van der Waals surface area contributed by atoms with Gasteiger partial charge in [0.1, 0.15) is 6.73 Å². The Morgan fingerprint density at radius 3 is 2.18 bits per heavy atom. The zero-order chi connectivity index (χ0) is 28.4. The first kappa shape index (κ1) is 32.0. The van der Waals surface area contributed by atoms with Crippen molar-refractivity contribution >= 4 is 5.91 Å². The minimum atomic E-state index is 0.0601. The molecule has 0 aromatic rings. The van der Waals surface area contributed by atoms with Gasteiger partial charge in [-0.2, -0.15) is 0 Å². The standard InChI is InChI=1S/C32H53N3O2.CH4O/c1-6-12-26(5)30(25(4)7-2)31(36)34-19-15-28(16-20-34)33-21-17-32(18-22-33)29(8-3)35(24-37-32)23-27-13-10-9-11-14-27;1-2/h6-7,12,27-29H,8-11,13-24H2,1-5H3;2H,1H3/b12-6-,25-7-,30-26+;. The molecule has 3 heterocycles. The Hall–Kier alpha value is -1.47. The summed E-state index contributed by atoms with van der Waals surface area (Å²) in [5.41, 5.74) is 3.07. The van der Waals surface area contributed by atoms with Crippen LogP contribution in [-0.2, 0) is 9.53 Å². The van der Waals surface area contributed by atoms with E-state index >= 15 is 0 Å². The summed E-state index contributed by atoms with van der Waals surface area (Å²) < 4.78 is 6.66. The molecule has 0 bridgehead atoms. The maximum absolute atomic E-state index is 13.5. The summed E-state index contributed by atoms with van der Waals surface area (Å²) in [5.74, 6) is 1.08. The molecule has 1 amide bonds. The molecule has 1 saturated carbocycles. The lowest BCUT2D eigenvalue weighted by Gasteiger charge is -2.47. The van der Waals surface area contributed by atoms with Crippen LogP contribution in [0, 0.1) is 5.92 Å². The van der Waals surface area contributed by atoms with Crippen molar-refractivity contribution in [3.63, 3.8) is 0 Å². The van der Waals surface area contributed by atoms with Gasteiger partial charge in [0.05, 0.1) is 5.60 Å². The van der Waals surface area contributed by atoms with Crippen molar-refractivity contribution in [1.29, 1.82) is 0 Å². The average molecular weight is 544 g/mol. The molecule has 1 unspecified atom stereocenters. The molecule has 4 rings (SSSR count). The molecule has 4 fully saturated rings. The third kappa shape index (κ3) is 7.63. The number of piperidine rings is 2. The second kappa shape index (κ2) is 15.5. The first-order valence-corrected chi connectivity index (χ1v) is 15.7. The van der Waals surface area contributed by atoms with Crippen molar-refractivity contribution < 1.29 is 14.6 Å². The van der Waals surface area contributed by atoms with Crippen molar-refractivity contribution in [3.8, 4) is 0 Å². The van der Waals surface area contributed by atoms with E-state index < -0.39 is 0 Å². The van der Waals surface area contributed by atoms with Crippen LogP contribution in [0.25, 0.3) is 0 Å². The summed E-state index contributed by atoms with van der Waals surface area (Å²) in [7, 11) is 1.00. The molecule has 0 aromatic heterocycles. The van der Waals surface area contributed by atoms with E-state index in [9.17, 15) is 4.79 Å². The van der Waals surface area contributed by atoms with Crippen LogP contribution in [0.2, 0.25) is 0 Å². The summed E-state index contributed by atoms with van der Waals surface area (Å²) in [4.78, 5) is 21.0. The molecular weight excluding hydrogens is 486 g/mol. The van der Waals surface area contributed by atoms with E-state index in [1.807, 2.05) is 19.9 Å². The van der Waals surface area contributed by atoms with Crippen LogP contribution in [0.15, 0.2) is 34.9 Å². The van der Waals surface area contributed by atoms with Crippen LogP contribution < -0.4 is 0 Å². The fourth-order valence-electron chi connectivity index (χ4n) is 7.71. The lowest BCUT2D eigenvalue weighted by atomic mass is 9.81. The summed E-state index contributed by atoms with van der Waals surface area (Å²) in [6.45, 7) is 16.6. The van der Waals surface area contributed by atoms with Gasteiger partial charge in [0.25, 0.3) is 5.91 Å². The largest absolute Gasteiger partial charge is 0.400 e. The number of rotatable bonds is 7. The first-order valence-electron chi connectivity index (χ1n) is 15.7. The number of hydrogen-bond donors (Lipinski definition) is 1. The number of carbonyl (C=O) groups excluding carboxylic acids is 1. The van der Waals surface area contributed by atoms with E-state index in [0.717, 1.165) is 88.3 Å². The number of carbonyl (C=O) groups is 1. The first-order chi connectivity index (χ1) is 18.9. The number of nitrogens with zero attached hydrogens (tertiary/aromatic N) is 3. The Morgan fingerprint density at radius 1 is 0.974 bits per heavy atom. The minimum Gasteiger partial charge on any atom is -0.400 e. The predicted octanol–water partition coefficient (Wildman–Crippen LogP) is 5.93. The fraction of sp³-hybridized carbons (Fsp3) is 0.788. The molecule has 4 aliphatic rings. The third-order valence-corrected chi connectivity index (χ3v) is 9.93. The van der Waals surface area contributed by atoms with E-state index in [1.54, 1.807) is 0 Å². The van der Waals surface area contributed by atoms with Gasteiger partial charge in [-0.15, -0.1) is 0 Å². The molecule has 222 valence electrons. The topological polar surface area (TPSA) is 56.3 Å². The fourth-order valence-corrected chi connectivity index (χ4v) is 7.71. The smallest absolute Gasteiger partial charge is 0.254 e. The van der Waals surface area contributed by atoms with Crippen LogP contribution in [-0.4, -0.2) is 90.0 Å². The number of ether oxygens (including phenoxy) is 1. The Morgan fingerprint density at radius 2 is 1.62 bits per heavy atom. The predicted molar refractivity (Wildman–Crippen MR) is 162 cm³/mol. The molecular formula is C33H57N3O3. The second-order valence-electron chi connectivity index (χ2n) is 12.1. The van der Waals surface area contributed by atoms with Gasteiger partial charge in [0, 0.05) is 57.5 Å². The lowest BCUT2D eigenvalue weighted by molar-refractivity contribution is -0.128. The van der Waals surface area contributed by atoms with E-state index in [2.05, 4.69) is 47.6 Å². The van der Waals surface area contributed by atoms with Gasteiger partial charge in [-0.05, 0) is 89.7 Å². The molecule has 0 aromatic carbocycles. The quantitative estimate of drug-likeness (QED) is 0.319. The van der Waals surface area contributed by atoms with Crippen molar-refractivity contribution in [2.24, 2.45) is 5.92 Å². The van der Waals surface area contributed by atoms with E-state index in [4.69, 9.17) is 9.84 Å². The van der Waals surface area contributed by atoms with Gasteiger partial charge in [-0.3, -0.25) is 9.69 Å². The van der Waals surface area contributed by atoms with Crippen molar-refractivity contribution in [2.45, 2.75) is 117 Å². The average Bonchev–Trinajstić information content (AvgIpc) is 3.31. The highest BCUT2D eigenvalue weighted by atomic mass is 16.5. The summed E-state index contributed by atoms with van der Waals surface area (Å²) in [6, 6.07) is 1.17. The summed E-state index contributed by atoms with van der Waals surface area (Å²) >= 11 is 0. The van der Waals surface area contributed by atoms with Gasteiger partial charge in [0.2, 0.25) is 0 Å². The number of amides is 1. The third-order valence-electron chi connectivity index (χ3n) is 9.93. The number of likely N-dealkylation sites (tertiary alicyclic amines) is 2. The number of aliphatic hydroxyl groups is 1. The SMILES string of the molecule is CO.C\C=C/C(C)=C(C(=O)N1CCC(N2CCC3(CC2)OCN(CC2CCCCC2)C3CC)CC1)\C(C)=C/C. The number of hydrogen-bond acceptors (Lipinski definition) is 5. The molecule has 0 radical (unpaired) electrons. The van der Waals surface area contributed by atoms with Crippen LogP contribution in [0.1, 0.15) is 98.8 Å². The highest BCUT2D eigenvalue weighted by Gasteiger charge is 2.50. The maximum Gasteiger partial charge on any atom is 0.254 e. The summed E-state index contributed by atoms with van der Waals surface area (Å²) in [6.07, 6.45) is 18.9. The molecule has 6 heteroatoms. The van der Waals surface area contributed by atoms with Crippen molar-refractivity contribution in [2.75, 3.05) is 46.6 Å². The van der Waals surface area contributed by atoms with Crippen LogP contribution >= 0.6 is 0 Å². The van der Waals surface area contributed by atoms with Gasteiger partial charge >= 0.3 is 0 Å². The van der Waals surface area contributed by atoms with Crippen molar-refractivity contribution in [3.05, 3.63) is 34.9 Å². The monoisotopic (exact) mass is 543 g/mol. The van der Waals surface area contributed by atoms with Crippen LogP contribution in [0.5, 0.6) is 0 Å². The Labute approximate surface area is 239 Å². The Balaban J connectivity index is 0.00000205. The highest BCUT2D eigenvalue weighted by Crippen LogP contribution is 2.41. The molecule has 6 nitrogen and oxygen atoms in total. The van der Waals surface area contributed by atoms with Crippen molar-refractivity contribution in [1.82, 2.24) is 14.7 Å². The lowest BCUT2D eigenvalue weighted by Crippen LogP contribution is -2.56. The minimum absolute atomic E-state index is 0.0601. The second-order valence-corrected chi connectivity index (χ2v) is 12.1. The van der Waals surface area contributed by atoms with E-state index in [-0.39, 0.29) is 11.5 Å². The molecule has 3 aliphatic heterocycles. The Bertz CT molecular complexity index is 857. The number of aliphatic hydroxyl groups excluding tert-OH is 1. The number of allylic oxidation sites excluding steroid dienone is 4.